The van der Waals surface area contributed by atoms with Gasteiger partial charge in [-0.25, -0.2) is 9.67 Å². The molecule has 0 radical (unpaired) electrons. The highest BCUT2D eigenvalue weighted by Crippen LogP contribution is 2.19. The number of thiazole rings is 1. The lowest BCUT2D eigenvalue weighted by atomic mass is 10.1. The lowest BCUT2D eigenvalue weighted by molar-refractivity contribution is 0.369. The van der Waals surface area contributed by atoms with E-state index in [9.17, 15) is 0 Å². The van der Waals surface area contributed by atoms with Gasteiger partial charge in [0.05, 0.1) is 12.1 Å². The first-order valence-corrected chi connectivity index (χ1v) is 8.52. The van der Waals surface area contributed by atoms with Crippen LogP contribution < -0.4 is 0 Å². The van der Waals surface area contributed by atoms with Crippen LogP contribution in [0.4, 0.5) is 0 Å². The molecule has 5 nitrogen and oxygen atoms in total. The van der Waals surface area contributed by atoms with Gasteiger partial charge in [0, 0.05) is 29.6 Å². The number of aromatic nitrogens is 4. The number of hydrogen-bond donors (Lipinski definition) is 0. The number of rotatable bonds is 6. The summed E-state index contributed by atoms with van der Waals surface area (Å²) < 4.78 is 2.03. The van der Waals surface area contributed by atoms with E-state index >= 15 is 0 Å². The third-order valence-electron chi connectivity index (χ3n) is 3.60. The standard InChI is InChI=1S/C17H21N5S/c1-13-5-4-6-14(9-13)17-19-16(10-15-11-18-12-23-15)22(20-17)8-7-21(2)3/h4-6,9,11-12H,7-8,10H2,1-3H3. The Hall–Kier alpha value is -2.05. The van der Waals surface area contributed by atoms with E-state index in [1.54, 1.807) is 11.3 Å². The van der Waals surface area contributed by atoms with Crippen LogP contribution in [0.5, 0.6) is 0 Å². The molecule has 0 aliphatic carbocycles. The van der Waals surface area contributed by atoms with Gasteiger partial charge < -0.3 is 4.90 Å². The summed E-state index contributed by atoms with van der Waals surface area (Å²) >= 11 is 1.66. The predicted octanol–water partition coefficient (Wildman–Crippen LogP) is 2.86. The van der Waals surface area contributed by atoms with Crippen LogP contribution in [0.15, 0.2) is 36.0 Å². The van der Waals surface area contributed by atoms with E-state index < -0.39 is 0 Å². The molecule has 2 heterocycles. The zero-order valence-electron chi connectivity index (χ0n) is 13.7. The SMILES string of the molecule is Cc1cccc(-c2nc(Cc3cncs3)n(CCN(C)C)n2)c1. The summed E-state index contributed by atoms with van der Waals surface area (Å²) in [5.74, 6) is 1.79. The molecule has 23 heavy (non-hydrogen) atoms. The summed E-state index contributed by atoms with van der Waals surface area (Å²) in [6, 6.07) is 8.33. The lowest BCUT2D eigenvalue weighted by Crippen LogP contribution is -2.20. The van der Waals surface area contributed by atoms with Crippen molar-refractivity contribution in [2.24, 2.45) is 0 Å². The molecular weight excluding hydrogens is 306 g/mol. The van der Waals surface area contributed by atoms with Crippen molar-refractivity contribution < 1.29 is 0 Å². The van der Waals surface area contributed by atoms with Crippen molar-refractivity contribution in [3.63, 3.8) is 0 Å². The molecule has 0 fully saturated rings. The van der Waals surface area contributed by atoms with Gasteiger partial charge in [0.15, 0.2) is 5.82 Å². The fourth-order valence-corrected chi connectivity index (χ4v) is 2.96. The normalized spacial score (nSPS) is 11.3. The Labute approximate surface area is 140 Å². The van der Waals surface area contributed by atoms with Gasteiger partial charge in [-0.2, -0.15) is 5.10 Å². The highest BCUT2D eigenvalue weighted by molar-refractivity contribution is 7.09. The second kappa shape index (κ2) is 7.02. The zero-order valence-corrected chi connectivity index (χ0v) is 14.5. The van der Waals surface area contributed by atoms with Crippen molar-refractivity contribution >= 4 is 11.3 Å². The summed E-state index contributed by atoms with van der Waals surface area (Å²) in [4.78, 5) is 12.3. The molecule has 0 unspecified atom stereocenters. The number of nitrogens with zero attached hydrogens (tertiary/aromatic N) is 5. The minimum absolute atomic E-state index is 0.775. The van der Waals surface area contributed by atoms with Gasteiger partial charge >= 0.3 is 0 Å². The van der Waals surface area contributed by atoms with Crippen LogP contribution in [0.1, 0.15) is 16.3 Å². The summed E-state index contributed by atoms with van der Waals surface area (Å²) in [6.07, 6.45) is 2.68. The minimum Gasteiger partial charge on any atom is -0.308 e. The van der Waals surface area contributed by atoms with Crippen molar-refractivity contribution in [2.75, 3.05) is 20.6 Å². The van der Waals surface area contributed by atoms with Gasteiger partial charge in [0.2, 0.25) is 0 Å². The summed E-state index contributed by atoms with van der Waals surface area (Å²) in [5, 5.41) is 4.74. The van der Waals surface area contributed by atoms with Crippen molar-refractivity contribution in [3.8, 4) is 11.4 Å². The van der Waals surface area contributed by atoms with Crippen LogP contribution in [-0.2, 0) is 13.0 Å². The Bertz CT molecular complexity index is 761. The Morgan fingerprint density at radius 2 is 2.13 bits per heavy atom. The molecule has 120 valence electrons. The maximum Gasteiger partial charge on any atom is 0.181 e. The highest BCUT2D eigenvalue weighted by atomic mass is 32.1. The van der Waals surface area contributed by atoms with Gasteiger partial charge in [-0.15, -0.1) is 11.3 Å². The molecular formula is C17H21N5S. The summed E-state index contributed by atoms with van der Waals surface area (Å²) in [7, 11) is 4.14. The second-order valence-corrected chi connectivity index (χ2v) is 6.86. The zero-order chi connectivity index (χ0) is 16.2. The molecule has 1 aromatic carbocycles. The number of hydrogen-bond acceptors (Lipinski definition) is 5. The van der Waals surface area contributed by atoms with Crippen molar-refractivity contribution in [1.29, 1.82) is 0 Å². The van der Waals surface area contributed by atoms with Crippen molar-refractivity contribution in [2.45, 2.75) is 19.9 Å². The van der Waals surface area contributed by atoms with Crippen LogP contribution in [0.2, 0.25) is 0 Å². The fraction of sp³-hybridized carbons (Fsp3) is 0.353. The summed E-state index contributed by atoms with van der Waals surface area (Å²) in [6.45, 7) is 3.86. The fourth-order valence-electron chi connectivity index (χ4n) is 2.37. The largest absolute Gasteiger partial charge is 0.308 e. The Balaban J connectivity index is 1.92. The van der Waals surface area contributed by atoms with Gasteiger partial charge in [-0.05, 0) is 27.1 Å². The van der Waals surface area contributed by atoms with E-state index in [1.165, 1.54) is 10.4 Å². The van der Waals surface area contributed by atoms with E-state index in [2.05, 4.69) is 49.1 Å². The second-order valence-electron chi connectivity index (χ2n) is 5.89. The topological polar surface area (TPSA) is 46.8 Å². The van der Waals surface area contributed by atoms with Crippen LogP contribution in [0.25, 0.3) is 11.4 Å². The first kappa shape index (κ1) is 15.8. The van der Waals surface area contributed by atoms with E-state index in [4.69, 9.17) is 10.1 Å². The first-order valence-electron chi connectivity index (χ1n) is 7.64. The quantitative estimate of drug-likeness (QED) is 0.698. The van der Waals surface area contributed by atoms with E-state index in [0.29, 0.717) is 0 Å². The van der Waals surface area contributed by atoms with E-state index in [1.807, 2.05) is 22.5 Å². The van der Waals surface area contributed by atoms with Crippen LogP contribution in [0, 0.1) is 6.92 Å². The molecule has 0 aliphatic heterocycles. The predicted molar refractivity (Wildman–Crippen MR) is 93.7 cm³/mol. The molecule has 0 aliphatic rings. The molecule has 0 saturated carbocycles. The lowest BCUT2D eigenvalue weighted by Gasteiger charge is -2.10. The van der Waals surface area contributed by atoms with E-state index in [-0.39, 0.29) is 0 Å². The third-order valence-corrected chi connectivity index (χ3v) is 4.38. The van der Waals surface area contributed by atoms with Crippen LogP contribution in [-0.4, -0.2) is 45.3 Å². The molecule has 0 spiro atoms. The van der Waals surface area contributed by atoms with Crippen LogP contribution >= 0.6 is 11.3 Å². The Morgan fingerprint density at radius 3 is 2.83 bits per heavy atom. The number of benzene rings is 1. The van der Waals surface area contributed by atoms with E-state index in [0.717, 1.165) is 36.7 Å². The van der Waals surface area contributed by atoms with Gasteiger partial charge in [0.25, 0.3) is 0 Å². The number of likely N-dealkylation sites (N-methyl/N-ethyl adjacent to an activating group) is 1. The van der Waals surface area contributed by atoms with Crippen molar-refractivity contribution in [1.82, 2.24) is 24.6 Å². The van der Waals surface area contributed by atoms with Crippen LogP contribution in [0.3, 0.4) is 0 Å². The van der Waals surface area contributed by atoms with Gasteiger partial charge in [-0.3, -0.25) is 4.98 Å². The molecule has 2 aromatic heterocycles. The molecule has 0 atom stereocenters. The molecule has 0 amide bonds. The maximum atomic E-state index is 4.79. The third kappa shape index (κ3) is 4.03. The number of aryl methyl sites for hydroxylation is 1. The molecule has 0 bridgehead atoms. The maximum absolute atomic E-state index is 4.79. The average Bonchev–Trinajstić information content (AvgIpc) is 3.15. The highest BCUT2D eigenvalue weighted by Gasteiger charge is 2.13. The minimum atomic E-state index is 0.775. The smallest absolute Gasteiger partial charge is 0.181 e. The molecule has 3 aromatic rings. The molecule has 6 heteroatoms. The van der Waals surface area contributed by atoms with Gasteiger partial charge in [0.1, 0.15) is 5.82 Å². The monoisotopic (exact) mass is 327 g/mol. The molecule has 3 rings (SSSR count). The first-order chi connectivity index (χ1) is 11.1. The average molecular weight is 327 g/mol. The van der Waals surface area contributed by atoms with Crippen molar-refractivity contribution in [3.05, 3.63) is 52.2 Å². The van der Waals surface area contributed by atoms with Gasteiger partial charge in [-0.1, -0.05) is 23.8 Å². The Kier molecular flexibility index (Phi) is 4.83. The Morgan fingerprint density at radius 1 is 1.26 bits per heavy atom. The summed E-state index contributed by atoms with van der Waals surface area (Å²) in [5.41, 5.74) is 4.15. The molecule has 0 N–H and O–H groups in total. The molecule has 0 saturated heterocycles.